The lowest BCUT2D eigenvalue weighted by Crippen LogP contribution is -2.10. The van der Waals surface area contributed by atoms with Gasteiger partial charge in [-0.3, -0.25) is 0 Å². The molecule has 0 saturated heterocycles. The second-order valence-corrected chi connectivity index (χ2v) is 3.91. The molecule has 0 saturated carbocycles. The zero-order valence-electron chi connectivity index (χ0n) is 9.56. The Morgan fingerprint density at radius 2 is 1.94 bits per heavy atom. The summed E-state index contributed by atoms with van der Waals surface area (Å²) in [6, 6.07) is 8.77. The average Bonchev–Trinajstić information content (AvgIpc) is 2.81. The molecular formula is C13H17N3. The summed E-state index contributed by atoms with van der Waals surface area (Å²) in [6.45, 7) is 1.92. The summed E-state index contributed by atoms with van der Waals surface area (Å²) in [6.07, 6.45) is 6.72. The molecule has 0 aliphatic rings. The van der Waals surface area contributed by atoms with Gasteiger partial charge in [0, 0.05) is 18.9 Å². The van der Waals surface area contributed by atoms with E-state index in [1.54, 1.807) is 6.20 Å². The van der Waals surface area contributed by atoms with Gasteiger partial charge in [0.2, 0.25) is 0 Å². The first-order chi connectivity index (χ1) is 7.88. The maximum Gasteiger partial charge on any atom is 0.0949 e. The van der Waals surface area contributed by atoms with Crippen LogP contribution in [0.25, 0.3) is 0 Å². The molecule has 0 radical (unpaired) electrons. The molecule has 84 valence electrons. The van der Waals surface area contributed by atoms with Gasteiger partial charge in [-0.15, -0.1) is 0 Å². The lowest BCUT2D eigenvalue weighted by molar-refractivity contribution is 0.784. The molecular weight excluding hydrogens is 198 g/mol. The number of nitrogens with zero attached hydrogens (tertiary/aromatic N) is 2. The van der Waals surface area contributed by atoms with Gasteiger partial charge in [-0.05, 0) is 31.1 Å². The van der Waals surface area contributed by atoms with Crippen molar-refractivity contribution in [3.63, 3.8) is 0 Å². The molecule has 3 heteroatoms. The smallest absolute Gasteiger partial charge is 0.0949 e. The molecule has 3 nitrogen and oxygen atoms in total. The van der Waals surface area contributed by atoms with Gasteiger partial charge in [-0.25, -0.2) is 4.98 Å². The molecule has 1 aromatic heterocycles. The van der Waals surface area contributed by atoms with Gasteiger partial charge in [-0.2, -0.15) is 0 Å². The van der Waals surface area contributed by atoms with E-state index in [2.05, 4.69) is 39.1 Å². The molecule has 0 amide bonds. The molecule has 0 aliphatic heterocycles. The topological polar surface area (TPSA) is 29.9 Å². The molecule has 1 heterocycles. The van der Waals surface area contributed by atoms with Crippen LogP contribution in [0.2, 0.25) is 0 Å². The van der Waals surface area contributed by atoms with E-state index in [1.807, 2.05) is 19.6 Å². The molecule has 1 N–H and O–H groups in total. The molecule has 0 spiro atoms. The van der Waals surface area contributed by atoms with Crippen molar-refractivity contribution in [1.82, 2.24) is 14.9 Å². The van der Waals surface area contributed by atoms with Crippen molar-refractivity contribution in [1.29, 1.82) is 0 Å². The summed E-state index contributed by atoms with van der Waals surface area (Å²) >= 11 is 0. The number of hydrogen-bond acceptors (Lipinski definition) is 2. The van der Waals surface area contributed by atoms with Gasteiger partial charge in [-0.1, -0.05) is 24.3 Å². The Balaban J connectivity index is 1.96. The zero-order chi connectivity index (χ0) is 11.2. The van der Waals surface area contributed by atoms with Crippen molar-refractivity contribution in [2.24, 2.45) is 0 Å². The van der Waals surface area contributed by atoms with E-state index in [4.69, 9.17) is 0 Å². The summed E-state index contributed by atoms with van der Waals surface area (Å²) in [5.41, 5.74) is 2.69. The fourth-order valence-corrected chi connectivity index (χ4v) is 1.67. The van der Waals surface area contributed by atoms with Gasteiger partial charge >= 0.3 is 0 Å². The third kappa shape index (κ3) is 2.94. The molecule has 0 unspecified atom stereocenters. The molecule has 2 aromatic rings. The SMILES string of the molecule is CNCCc1ccc(Cn2ccnc2)cc1. The monoisotopic (exact) mass is 215 g/mol. The highest BCUT2D eigenvalue weighted by Gasteiger charge is 1.95. The van der Waals surface area contributed by atoms with Crippen molar-refractivity contribution in [3.8, 4) is 0 Å². The molecule has 1 aromatic carbocycles. The minimum atomic E-state index is 0.895. The molecule has 0 atom stereocenters. The van der Waals surface area contributed by atoms with E-state index in [0.717, 1.165) is 19.5 Å². The maximum absolute atomic E-state index is 4.03. The third-order valence-electron chi connectivity index (χ3n) is 2.61. The van der Waals surface area contributed by atoms with Crippen LogP contribution in [0.4, 0.5) is 0 Å². The molecule has 16 heavy (non-hydrogen) atoms. The van der Waals surface area contributed by atoms with Gasteiger partial charge in [0.1, 0.15) is 0 Å². The number of rotatable bonds is 5. The van der Waals surface area contributed by atoms with Crippen molar-refractivity contribution in [2.75, 3.05) is 13.6 Å². The zero-order valence-corrected chi connectivity index (χ0v) is 9.56. The fraction of sp³-hybridized carbons (Fsp3) is 0.308. The van der Waals surface area contributed by atoms with Crippen molar-refractivity contribution in [3.05, 3.63) is 54.1 Å². The number of aromatic nitrogens is 2. The Labute approximate surface area is 96.1 Å². The summed E-state index contributed by atoms with van der Waals surface area (Å²) in [5, 5.41) is 3.15. The van der Waals surface area contributed by atoms with Crippen LogP contribution in [0.3, 0.4) is 0 Å². The van der Waals surface area contributed by atoms with Crippen LogP contribution in [0.5, 0.6) is 0 Å². The number of hydrogen-bond donors (Lipinski definition) is 1. The minimum absolute atomic E-state index is 0.895. The first-order valence-electron chi connectivity index (χ1n) is 5.56. The minimum Gasteiger partial charge on any atom is -0.333 e. The largest absolute Gasteiger partial charge is 0.333 e. The van der Waals surface area contributed by atoms with Crippen LogP contribution < -0.4 is 5.32 Å². The first kappa shape index (κ1) is 10.9. The lowest BCUT2D eigenvalue weighted by atomic mass is 10.1. The highest BCUT2D eigenvalue weighted by atomic mass is 15.0. The Hall–Kier alpha value is -1.61. The van der Waals surface area contributed by atoms with E-state index in [0.29, 0.717) is 0 Å². The van der Waals surface area contributed by atoms with Crippen LogP contribution in [-0.4, -0.2) is 23.1 Å². The molecule has 0 fully saturated rings. The van der Waals surface area contributed by atoms with Gasteiger partial charge in [0.05, 0.1) is 6.33 Å². The third-order valence-corrected chi connectivity index (χ3v) is 2.61. The van der Waals surface area contributed by atoms with E-state index in [9.17, 15) is 0 Å². The summed E-state index contributed by atoms with van der Waals surface area (Å²) in [4.78, 5) is 4.03. The first-order valence-corrected chi connectivity index (χ1v) is 5.56. The van der Waals surface area contributed by atoms with Crippen molar-refractivity contribution in [2.45, 2.75) is 13.0 Å². The Morgan fingerprint density at radius 1 is 1.19 bits per heavy atom. The summed E-state index contributed by atoms with van der Waals surface area (Å²) < 4.78 is 2.07. The standard InChI is InChI=1S/C13H17N3/c1-14-7-6-12-2-4-13(5-3-12)10-16-9-8-15-11-16/h2-5,8-9,11,14H,6-7,10H2,1H3. The highest BCUT2D eigenvalue weighted by molar-refractivity contribution is 5.23. The van der Waals surface area contributed by atoms with Crippen molar-refractivity contribution < 1.29 is 0 Å². The number of nitrogens with one attached hydrogen (secondary N) is 1. The Kier molecular flexibility index (Phi) is 3.72. The molecule has 0 bridgehead atoms. The average molecular weight is 215 g/mol. The van der Waals surface area contributed by atoms with E-state index < -0.39 is 0 Å². The fourth-order valence-electron chi connectivity index (χ4n) is 1.67. The predicted molar refractivity (Wildman–Crippen MR) is 65.4 cm³/mol. The maximum atomic E-state index is 4.03. The normalized spacial score (nSPS) is 10.6. The van der Waals surface area contributed by atoms with Crippen LogP contribution in [0, 0.1) is 0 Å². The highest BCUT2D eigenvalue weighted by Crippen LogP contribution is 2.06. The van der Waals surface area contributed by atoms with Gasteiger partial charge in [0.25, 0.3) is 0 Å². The number of likely N-dealkylation sites (N-methyl/N-ethyl adjacent to an activating group) is 1. The lowest BCUT2D eigenvalue weighted by Gasteiger charge is -2.04. The van der Waals surface area contributed by atoms with Crippen molar-refractivity contribution >= 4 is 0 Å². The van der Waals surface area contributed by atoms with E-state index in [1.165, 1.54) is 11.1 Å². The Morgan fingerprint density at radius 3 is 2.56 bits per heavy atom. The van der Waals surface area contributed by atoms with Crippen LogP contribution in [0.15, 0.2) is 43.0 Å². The quantitative estimate of drug-likeness (QED) is 0.822. The van der Waals surface area contributed by atoms with Crippen LogP contribution in [0.1, 0.15) is 11.1 Å². The number of imidazole rings is 1. The molecule has 2 rings (SSSR count). The van der Waals surface area contributed by atoms with E-state index in [-0.39, 0.29) is 0 Å². The number of benzene rings is 1. The van der Waals surface area contributed by atoms with Gasteiger partial charge in [0.15, 0.2) is 0 Å². The Bertz CT molecular complexity index is 403. The second-order valence-electron chi connectivity index (χ2n) is 3.91. The summed E-state index contributed by atoms with van der Waals surface area (Å²) in [5.74, 6) is 0. The second kappa shape index (κ2) is 5.47. The predicted octanol–water partition coefficient (Wildman–Crippen LogP) is 1.69. The van der Waals surface area contributed by atoms with Gasteiger partial charge < -0.3 is 9.88 Å². The van der Waals surface area contributed by atoms with E-state index >= 15 is 0 Å². The molecule has 0 aliphatic carbocycles. The summed E-state index contributed by atoms with van der Waals surface area (Å²) in [7, 11) is 1.98. The van der Waals surface area contributed by atoms with Crippen LogP contribution >= 0.6 is 0 Å². The van der Waals surface area contributed by atoms with Crippen LogP contribution in [-0.2, 0) is 13.0 Å².